The van der Waals surface area contributed by atoms with Gasteiger partial charge in [0.1, 0.15) is 5.75 Å². The molecule has 132 valence electrons. The monoisotopic (exact) mass is 360 g/mol. The second kappa shape index (κ2) is 9.43. The maximum absolute atomic E-state index is 11.9. The Hall–Kier alpha value is -2.87. The number of hydrogen-bond donors (Lipinski definition) is 2. The van der Waals surface area contributed by atoms with Crippen molar-refractivity contribution in [1.29, 1.82) is 0 Å². The lowest BCUT2D eigenvalue weighted by Crippen LogP contribution is -2.28. The Balaban J connectivity index is 1.89. The summed E-state index contributed by atoms with van der Waals surface area (Å²) in [7, 11) is 1.58. The van der Waals surface area contributed by atoms with E-state index in [4.69, 9.17) is 4.74 Å². The predicted molar refractivity (Wildman–Crippen MR) is 94.7 cm³/mol. The van der Waals surface area contributed by atoms with Crippen molar-refractivity contribution in [2.24, 2.45) is 5.10 Å². The van der Waals surface area contributed by atoms with E-state index >= 15 is 0 Å². The first-order chi connectivity index (χ1) is 12.1. The van der Waals surface area contributed by atoms with Crippen molar-refractivity contribution in [3.63, 3.8) is 0 Å². The number of hydrazone groups is 1. The fourth-order valence-corrected chi connectivity index (χ4v) is 2.70. The first-order valence-corrected chi connectivity index (χ1v) is 8.43. The zero-order chi connectivity index (χ0) is 18.1. The van der Waals surface area contributed by atoms with Gasteiger partial charge in [0.25, 0.3) is 5.91 Å². The second-order valence-corrected chi connectivity index (χ2v) is 5.97. The van der Waals surface area contributed by atoms with Gasteiger partial charge in [-0.1, -0.05) is 6.07 Å². The van der Waals surface area contributed by atoms with Crippen LogP contribution in [0.5, 0.6) is 5.75 Å². The van der Waals surface area contributed by atoms with Gasteiger partial charge in [0.2, 0.25) is 0 Å². The van der Waals surface area contributed by atoms with E-state index < -0.39 is 5.97 Å². The normalized spacial score (nSPS) is 11.0. The summed E-state index contributed by atoms with van der Waals surface area (Å²) < 4.78 is 5.06. The molecule has 2 aromatic rings. The quantitative estimate of drug-likeness (QED) is 0.517. The fourth-order valence-electron chi connectivity index (χ4n) is 1.96. The average Bonchev–Trinajstić information content (AvgIpc) is 3.14. The summed E-state index contributed by atoms with van der Waals surface area (Å²) in [5.74, 6) is -0.761. The van der Waals surface area contributed by atoms with Crippen LogP contribution in [0.15, 0.2) is 46.9 Å². The van der Waals surface area contributed by atoms with Gasteiger partial charge in [0.15, 0.2) is 0 Å². The van der Waals surface area contributed by atoms with Crippen molar-refractivity contribution < 1.29 is 19.4 Å². The third-order valence-corrected chi connectivity index (χ3v) is 4.15. The number of carboxylic acids is 1. The molecule has 7 nitrogen and oxygen atoms in total. The molecule has 8 heteroatoms. The van der Waals surface area contributed by atoms with Gasteiger partial charge in [-0.3, -0.25) is 4.79 Å². The number of aliphatic carboxylic acids is 1. The van der Waals surface area contributed by atoms with E-state index in [0.29, 0.717) is 5.71 Å². The molecule has 1 amide bonds. The topological polar surface area (TPSA) is 103 Å². The van der Waals surface area contributed by atoms with Crippen molar-refractivity contribution in [3.05, 3.63) is 46.7 Å². The van der Waals surface area contributed by atoms with Gasteiger partial charge >= 0.3 is 0 Å². The summed E-state index contributed by atoms with van der Waals surface area (Å²) in [6.45, 7) is 0.0357. The Bertz CT molecular complexity index is 727. The lowest BCUT2D eigenvalue weighted by molar-refractivity contribution is -0.305. The van der Waals surface area contributed by atoms with Crippen molar-refractivity contribution in [2.45, 2.75) is 12.8 Å². The van der Waals surface area contributed by atoms with Gasteiger partial charge in [0, 0.05) is 11.7 Å². The van der Waals surface area contributed by atoms with Crippen LogP contribution in [0.2, 0.25) is 0 Å². The molecule has 0 saturated heterocycles. The van der Waals surface area contributed by atoms with Gasteiger partial charge in [0.05, 0.1) is 24.2 Å². The van der Waals surface area contributed by atoms with Gasteiger partial charge in [-0.25, -0.2) is 5.43 Å². The lowest BCUT2D eigenvalue weighted by atomic mass is 10.2. The Morgan fingerprint density at radius 2 is 1.96 bits per heavy atom. The van der Waals surface area contributed by atoms with Crippen LogP contribution < -0.4 is 20.6 Å². The van der Waals surface area contributed by atoms with E-state index in [1.54, 1.807) is 31.4 Å². The third-order valence-electron chi connectivity index (χ3n) is 3.23. The van der Waals surface area contributed by atoms with Gasteiger partial charge < -0.3 is 20.0 Å². The number of hydrogen-bond acceptors (Lipinski definition) is 7. The number of ether oxygens (including phenoxy) is 1. The molecule has 0 bridgehead atoms. The Morgan fingerprint density at radius 1 is 1.20 bits per heavy atom. The number of thiophene rings is 1. The molecule has 0 aliphatic heterocycles. The molecule has 1 aromatic heterocycles. The van der Waals surface area contributed by atoms with E-state index in [-0.39, 0.29) is 25.3 Å². The van der Waals surface area contributed by atoms with E-state index in [0.717, 1.165) is 16.3 Å². The minimum atomic E-state index is -1.16. The molecule has 0 atom stereocenters. The molecule has 0 spiro atoms. The molecular weight excluding hydrogens is 342 g/mol. The number of rotatable bonds is 9. The number of carboxylic acid groups (broad SMARTS) is 1. The standard InChI is InChI=1S/C17H19N3O4S/c1-24-13-6-4-12(5-7-13)18-11-16(21)20-19-14(8-9-17(22)23)15-3-2-10-25-15/h2-7,10,18H,8-9,11H2,1H3,(H,20,21)(H,22,23)/p-1/b19-14-. The third kappa shape index (κ3) is 6.27. The molecule has 0 fully saturated rings. The molecular formula is C17H18N3O4S-. The van der Waals surface area contributed by atoms with Crippen LogP contribution in [0.4, 0.5) is 5.69 Å². The number of benzene rings is 1. The second-order valence-electron chi connectivity index (χ2n) is 5.02. The minimum Gasteiger partial charge on any atom is -0.550 e. The molecule has 0 saturated carbocycles. The highest BCUT2D eigenvalue weighted by molar-refractivity contribution is 7.12. The smallest absolute Gasteiger partial charge is 0.259 e. The molecule has 1 aromatic carbocycles. The summed E-state index contributed by atoms with van der Waals surface area (Å²) in [6.07, 6.45) is 0.0335. The molecule has 25 heavy (non-hydrogen) atoms. The number of nitrogens with one attached hydrogen (secondary N) is 2. The molecule has 2 N–H and O–H groups in total. The number of anilines is 1. The van der Waals surface area contributed by atoms with E-state index in [1.807, 2.05) is 17.5 Å². The van der Waals surface area contributed by atoms with Crippen molar-refractivity contribution in [2.75, 3.05) is 19.0 Å². The Labute approximate surface area is 149 Å². The van der Waals surface area contributed by atoms with Gasteiger partial charge in [-0.05, 0) is 48.6 Å². The highest BCUT2D eigenvalue weighted by atomic mass is 32.1. The highest BCUT2D eigenvalue weighted by Gasteiger charge is 2.07. The zero-order valence-electron chi connectivity index (χ0n) is 13.7. The minimum absolute atomic E-state index is 0.0357. The highest BCUT2D eigenvalue weighted by Crippen LogP contribution is 2.15. The molecule has 0 radical (unpaired) electrons. The van der Waals surface area contributed by atoms with Crippen LogP contribution in [0, 0.1) is 0 Å². The predicted octanol–water partition coefficient (Wildman–Crippen LogP) is 1.22. The summed E-state index contributed by atoms with van der Waals surface area (Å²) in [5, 5.41) is 19.5. The van der Waals surface area contributed by atoms with Crippen LogP contribution in [0.3, 0.4) is 0 Å². The van der Waals surface area contributed by atoms with Crippen LogP contribution in [0.25, 0.3) is 0 Å². The Kier molecular flexibility index (Phi) is 6.97. The maximum Gasteiger partial charge on any atom is 0.259 e. The maximum atomic E-state index is 11.9. The first-order valence-electron chi connectivity index (χ1n) is 7.55. The van der Waals surface area contributed by atoms with E-state index in [2.05, 4.69) is 15.8 Å². The number of carbonyl (C=O) groups is 2. The number of carbonyl (C=O) groups excluding carboxylic acids is 2. The number of amides is 1. The van der Waals surface area contributed by atoms with Crippen molar-refractivity contribution in [1.82, 2.24) is 5.43 Å². The van der Waals surface area contributed by atoms with E-state index in [1.165, 1.54) is 11.3 Å². The molecule has 0 aliphatic carbocycles. The Morgan fingerprint density at radius 3 is 2.56 bits per heavy atom. The molecule has 0 unspecified atom stereocenters. The van der Waals surface area contributed by atoms with Gasteiger partial charge in [-0.15, -0.1) is 11.3 Å². The van der Waals surface area contributed by atoms with Crippen LogP contribution in [0.1, 0.15) is 17.7 Å². The van der Waals surface area contributed by atoms with Gasteiger partial charge in [-0.2, -0.15) is 5.10 Å². The van der Waals surface area contributed by atoms with Crippen LogP contribution in [-0.4, -0.2) is 31.2 Å². The molecule has 0 aliphatic rings. The molecule has 2 rings (SSSR count). The fraction of sp³-hybridized carbons (Fsp3) is 0.235. The summed E-state index contributed by atoms with van der Waals surface area (Å²) >= 11 is 1.43. The van der Waals surface area contributed by atoms with Crippen LogP contribution >= 0.6 is 11.3 Å². The van der Waals surface area contributed by atoms with Crippen molar-refractivity contribution >= 4 is 34.6 Å². The summed E-state index contributed by atoms with van der Waals surface area (Å²) in [4.78, 5) is 23.4. The largest absolute Gasteiger partial charge is 0.550 e. The number of methoxy groups -OCH3 is 1. The number of nitrogens with zero attached hydrogens (tertiary/aromatic N) is 1. The SMILES string of the molecule is COc1ccc(NCC(=O)N/N=C(/CCC(=O)[O-])c2cccs2)cc1. The zero-order valence-corrected chi connectivity index (χ0v) is 14.5. The van der Waals surface area contributed by atoms with E-state index in [9.17, 15) is 14.7 Å². The first kappa shape index (κ1) is 18.5. The summed E-state index contributed by atoms with van der Waals surface area (Å²) in [6, 6.07) is 10.8. The lowest BCUT2D eigenvalue weighted by Gasteiger charge is -2.08. The van der Waals surface area contributed by atoms with Crippen LogP contribution in [-0.2, 0) is 9.59 Å². The molecule has 1 heterocycles. The van der Waals surface area contributed by atoms with Crippen molar-refractivity contribution in [3.8, 4) is 5.75 Å². The summed E-state index contributed by atoms with van der Waals surface area (Å²) in [5.41, 5.74) is 3.73. The average molecular weight is 360 g/mol.